The van der Waals surface area contributed by atoms with Crippen LogP contribution >= 0.6 is 0 Å². The van der Waals surface area contributed by atoms with Crippen LogP contribution in [0.15, 0.2) is 53.1 Å². The van der Waals surface area contributed by atoms with E-state index < -0.39 is 0 Å². The lowest BCUT2D eigenvalue weighted by Crippen LogP contribution is -1.75. The highest BCUT2D eigenvalue weighted by Gasteiger charge is 1.97. The zero-order chi connectivity index (χ0) is 9.80. The van der Waals surface area contributed by atoms with E-state index in [1.165, 1.54) is 5.56 Å². The number of benzene rings is 1. The van der Waals surface area contributed by atoms with Gasteiger partial charge in [-0.25, -0.2) is 0 Å². The topological polar surface area (TPSA) is 13.1 Å². The quantitative estimate of drug-likeness (QED) is 0.691. The second-order valence-corrected chi connectivity index (χ2v) is 3.22. The van der Waals surface area contributed by atoms with E-state index in [0.717, 1.165) is 11.3 Å². The van der Waals surface area contributed by atoms with Crippen LogP contribution in [0.1, 0.15) is 18.2 Å². The highest BCUT2D eigenvalue weighted by molar-refractivity contribution is 5.77. The molecule has 0 aliphatic heterocycles. The van der Waals surface area contributed by atoms with Crippen molar-refractivity contribution in [1.29, 1.82) is 0 Å². The van der Waals surface area contributed by atoms with Gasteiger partial charge in [0.2, 0.25) is 0 Å². The summed E-state index contributed by atoms with van der Waals surface area (Å²) in [6.07, 6.45) is 3.80. The van der Waals surface area contributed by atoms with Crippen molar-refractivity contribution in [3.63, 3.8) is 0 Å². The molecular weight excluding hydrogens is 172 g/mol. The minimum absolute atomic E-state index is 0.925. The van der Waals surface area contributed by atoms with Gasteiger partial charge in [-0.05, 0) is 36.3 Å². The first-order valence-electron chi connectivity index (χ1n) is 4.63. The molecule has 0 radical (unpaired) electrons. The largest absolute Gasteiger partial charge is 0.465 e. The molecule has 0 aliphatic rings. The van der Waals surface area contributed by atoms with Crippen molar-refractivity contribution in [2.45, 2.75) is 6.92 Å². The summed E-state index contributed by atoms with van der Waals surface area (Å²) >= 11 is 0. The number of rotatable bonds is 2. The second kappa shape index (κ2) is 3.97. The first-order chi connectivity index (χ1) is 6.86. The molecule has 1 aromatic carbocycles. The van der Waals surface area contributed by atoms with E-state index >= 15 is 0 Å². The monoisotopic (exact) mass is 184 g/mol. The molecule has 0 N–H and O–H groups in total. The maximum atomic E-state index is 5.30. The fourth-order valence-corrected chi connectivity index (χ4v) is 1.37. The van der Waals surface area contributed by atoms with Crippen LogP contribution in [0.3, 0.4) is 0 Å². The van der Waals surface area contributed by atoms with Crippen molar-refractivity contribution in [3.8, 4) is 0 Å². The van der Waals surface area contributed by atoms with Crippen molar-refractivity contribution < 1.29 is 4.42 Å². The Hall–Kier alpha value is -1.76. The molecule has 0 amide bonds. The molecule has 1 heteroatoms. The third kappa shape index (κ3) is 1.94. The van der Waals surface area contributed by atoms with Crippen LogP contribution in [0.5, 0.6) is 0 Å². The van der Waals surface area contributed by atoms with Crippen LogP contribution in [0.25, 0.3) is 11.6 Å². The Labute approximate surface area is 83.7 Å². The van der Waals surface area contributed by atoms with Crippen molar-refractivity contribution in [2.24, 2.45) is 0 Å². The van der Waals surface area contributed by atoms with Crippen LogP contribution in [-0.4, -0.2) is 0 Å². The first-order valence-corrected chi connectivity index (χ1v) is 4.63. The molecule has 0 bridgehead atoms. The van der Waals surface area contributed by atoms with Crippen LogP contribution in [0.2, 0.25) is 0 Å². The molecule has 14 heavy (non-hydrogen) atoms. The minimum Gasteiger partial charge on any atom is -0.465 e. The van der Waals surface area contributed by atoms with Gasteiger partial charge in [0.05, 0.1) is 6.26 Å². The first kappa shape index (κ1) is 8.82. The number of hydrogen-bond donors (Lipinski definition) is 0. The van der Waals surface area contributed by atoms with Gasteiger partial charge < -0.3 is 4.42 Å². The third-order valence-corrected chi connectivity index (χ3v) is 2.09. The lowest BCUT2D eigenvalue weighted by molar-refractivity contribution is 0.553. The molecule has 0 unspecified atom stereocenters. The SMILES string of the molecule is C/C(=C\c1ccccc1)c1ccco1. The predicted molar refractivity (Wildman–Crippen MR) is 58.7 cm³/mol. The predicted octanol–water partition coefficient (Wildman–Crippen LogP) is 3.84. The average molecular weight is 184 g/mol. The Bertz CT molecular complexity index is 410. The number of allylic oxidation sites excluding steroid dienone is 1. The number of furan rings is 1. The molecule has 0 aliphatic carbocycles. The fourth-order valence-electron chi connectivity index (χ4n) is 1.37. The molecule has 1 heterocycles. The zero-order valence-electron chi connectivity index (χ0n) is 8.10. The molecule has 1 aromatic heterocycles. The zero-order valence-corrected chi connectivity index (χ0v) is 8.10. The molecule has 0 fully saturated rings. The summed E-state index contributed by atoms with van der Waals surface area (Å²) < 4.78 is 5.30. The summed E-state index contributed by atoms with van der Waals surface area (Å²) in [6.45, 7) is 2.05. The van der Waals surface area contributed by atoms with Gasteiger partial charge in [0.25, 0.3) is 0 Å². The molecular formula is C13H12O. The molecule has 1 nitrogen and oxygen atoms in total. The van der Waals surface area contributed by atoms with E-state index in [2.05, 4.69) is 18.2 Å². The van der Waals surface area contributed by atoms with E-state index in [0.29, 0.717) is 0 Å². The van der Waals surface area contributed by atoms with E-state index in [1.54, 1.807) is 6.26 Å². The minimum atomic E-state index is 0.925. The third-order valence-electron chi connectivity index (χ3n) is 2.09. The Morgan fingerprint density at radius 1 is 1.07 bits per heavy atom. The van der Waals surface area contributed by atoms with Gasteiger partial charge in [-0.2, -0.15) is 0 Å². The van der Waals surface area contributed by atoms with E-state index in [1.807, 2.05) is 37.3 Å². The van der Waals surface area contributed by atoms with Gasteiger partial charge in [-0.1, -0.05) is 30.3 Å². The summed E-state index contributed by atoms with van der Waals surface area (Å²) in [5.41, 5.74) is 2.34. The lowest BCUT2D eigenvalue weighted by atomic mass is 10.1. The molecule has 70 valence electrons. The van der Waals surface area contributed by atoms with Crippen molar-refractivity contribution in [2.75, 3.05) is 0 Å². The smallest absolute Gasteiger partial charge is 0.129 e. The molecule has 0 spiro atoms. The maximum Gasteiger partial charge on any atom is 0.129 e. The fraction of sp³-hybridized carbons (Fsp3) is 0.0769. The molecule has 0 saturated carbocycles. The number of hydrogen-bond acceptors (Lipinski definition) is 1. The Kier molecular flexibility index (Phi) is 2.50. The Balaban J connectivity index is 2.28. The Morgan fingerprint density at radius 2 is 1.86 bits per heavy atom. The van der Waals surface area contributed by atoms with Gasteiger partial charge in [0, 0.05) is 0 Å². The lowest BCUT2D eigenvalue weighted by Gasteiger charge is -1.96. The van der Waals surface area contributed by atoms with Crippen molar-refractivity contribution in [1.82, 2.24) is 0 Å². The summed E-state index contributed by atoms with van der Waals surface area (Å²) in [4.78, 5) is 0. The second-order valence-electron chi connectivity index (χ2n) is 3.22. The normalized spacial score (nSPS) is 11.6. The summed E-state index contributed by atoms with van der Waals surface area (Å²) in [6, 6.07) is 14.1. The van der Waals surface area contributed by atoms with Crippen LogP contribution in [0.4, 0.5) is 0 Å². The molecule has 0 atom stereocenters. The van der Waals surface area contributed by atoms with Gasteiger partial charge >= 0.3 is 0 Å². The maximum absolute atomic E-state index is 5.30. The summed E-state index contributed by atoms with van der Waals surface area (Å²) in [5.74, 6) is 0.925. The van der Waals surface area contributed by atoms with E-state index in [4.69, 9.17) is 4.42 Å². The highest BCUT2D eigenvalue weighted by Crippen LogP contribution is 2.17. The summed E-state index contributed by atoms with van der Waals surface area (Å²) in [7, 11) is 0. The highest BCUT2D eigenvalue weighted by atomic mass is 16.3. The van der Waals surface area contributed by atoms with E-state index in [9.17, 15) is 0 Å². The van der Waals surface area contributed by atoms with Crippen molar-refractivity contribution >= 4 is 11.6 Å². The van der Waals surface area contributed by atoms with Gasteiger partial charge in [-0.15, -0.1) is 0 Å². The average Bonchev–Trinajstić information content (AvgIpc) is 2.72. The van der Waals surface area contributed by atoms with Crippen LogP contribution in [0, 0.1) is 0 Å². The molecule has 2 rings (SSSR count). The molecule has 2 aromatic rings. The van der Waals surface area contributed by atoms with Gasteiger partial charge in [0.1, 0.15) is 5.76 Å². The Morgan fingerprint density at radius 3 is 2.50 bits per heavy atom. The van der Waals surface area contributed by atoms with Crippen molar-refractivity contribution in [3.05, 3.63) is 60.1 Å². The molecule has 0 saturated heterocycles. The van der Waals surface area contributed by atoms with Crippen LogP contribution < -0.4 is 0 Å². The van der Waals surface area contributed by atoms with Gasteiger partial charge in [0.15, 0.2) is 0 Å². The summed E-state index contributed by atoms with van der Waals surface area (Å²) in [5, 5.41) is 0. The van der Waals surface area contributed by atoms with Crippen LogP contribution in [-0.2, 0) is 0 Å². The van der Waals surface area contributed by atoms with Gasteiger partial charge in [-0.3, -0.25) is 0 Å². The van der Waals surface area contributed by atoms with E-state index in [-0.39, 0.29) is 0 Å². The standard InChI is InChI=1S/C13H12O/c1-11(13-8-5-9-14-13)10-12-6-3-2-4-7-12/h2-10H,1H3/b11-10+.